The number of thioether (sulfide) groups is 1. The molecule has 0 radical (unpaired) electrons. The molecule has 0 fully saturated rings. The van der Waals surface area contributed by atoms with E-state index < -0.39 is 0 Å². The van der Waals surface area contributed by atoms with E-state index in [2.05, 4.69) is 52.1 Å². The quantitative estimate of drug-likeness (QED) is 0.617. The highest BCUT2D eigenvalue weighted by atomic mass is 35.5. The first-order valence-electron chi connectivity index (χ1n) is 9.09. The van der Waals surface area contributed by atoms with Gasteiger partial charge in [0.2, 0.25) is 5.91 Å². The van der Waals surface area contributed by atoms with Crippen LogP contribution in [-0.4, -0.2) is 26.4 Å². The zero-order valence-electron chi connectivity index (χ0n) is 16.0. The van der Waals surface area contributed by atoms with E-state index in [1.54, 1.807) is 0 Å². The molecule has 0 bridgehead atoms. The van der Waals surface area contributed by atoms with Gasteiger partial charge in [0.05, 0.1) is 5.75 Å². The van der Waals surface area contributed by atoms with Gasteiger partial charge in [-0.3, -0.25) is 9.36 Å². The van der Waals surface area contributed by atoms with Crippen molar-refractivity contribution in [2.24, 2.45) is 0 Å². The average molecular weight is 413 g/mol. The largest absolute Gasteiger partial charge is 0.325 e. The Morgan fingerprint density at radius 1 is 1.21 bits per heavy atom. The third-order valence-electron chi connectivity index (χ3n) is 4.99. The summed E-state index contributed by atoms with van der Waals surface area (Å²) in [6.07, 6.45) is 0.898. The molecule has 1 aliphatic heterocycles. The van der Waals surface area contributed by atoms with Crippen LogP contribution < -0.4 is 5.32 Å². The molecule has 0 unspecified atom stereocenters. The molecule has 5 nitrogen and oxygen atoms in total. The fourth-order valence-corrected chi connectivity index (χ4v) is 4.65. The van der Waals surface area contributed by atoms with Crippen LogP contribution in [0.3, 0.4) is 0 Å². The number of hydrogen-bond acceptors (Lipinski definition) is 4. The van der Waals surface area contributed by atoms with Crippen LogP contribution in [0.4, 0.5) is 5.69 Å². The Bertz CT molecular complexity index is 1060. The van der Waals surface area contributed by atoms with Crippen molar-refractivity contribution in [1.29, 1.82) is 0 Å². The topological polar surface area (TPSA) is 59.8 Å². The van der Waals surface area contributed by atoms with Crippen LogP contribution in [0.1, 0.15) is 25.0 Å². The molecule has 7 heteroatoms. The molecule has 1 N–H and O–H groups in total. The van der Waals surface area contributed by atoms with E-state index in [-0.39, 0.29) is 17.2 Å². The van der Waals surface area contributed by atoms with Gasteiger partial charge in [-0.05, 0) is 50.5 Å². The lowest BCUT2D eigenvalue weighted by atomic mass is 9.87. The Morgan fingerprint density at radius 3 is 2.82 bits per heavy atom. The highest BCUT2D eigenvalue weighted by Gasteiger charge is 2.34. The van der Waals surface area contributed by atoms with Gasteiger partial charge < -0.3 is 5.32 Å². The number of nitrogens with one attached hydrogen (secondary N) is 1. The number of anilines is 1. The second-order valence-corrected chi connectivity index (χ2v) is 8.89. The number of hydrogen-bond donors (Lipinski definition) is 1. The van der Waals surface area contributed by atoms with Gasteiger partial charge >= 0.3 is 0 Å². The van der Waals surface area contributed by atoms with Gasteiger partial charge in [0.1, 0.15) is 0 Å². The average Bonchev–Trinajstić information content (AvgIpc) is 3.09. The molecule has 0 saturated heterocycles. The Morgan fingerprint density at radius 2 is 2.00 bits per heavy atom. The minimum atomic E-state index is -0.157. The highest BCUT2D eigenvalue weighted by Crippen LogP contribution is 2.39. The number of amides is 1. The van der Waals surface area contributed by atoms with Gasteiger partial charge in [-0.25, -0.2) is 0 Å². The van der Waals surface area contributed by atoms with E-state index in [1.165, 1.54) is 17.3 Å². The predicted octanol–water partition coefficient (Wildman–Crippen LogP) is 4.93. The van der Waals surface area contributed by atoms with Crippen molar-refractivity contribution in [2.45, 2.75) is 37.9 Å². The van der Waals surface area contributed by atoms with Gasteiger partial charge in [0, 0.05) is 21.8 Å². The van der Waals surface area contributed by atoms with Gasteiger partial charge in [-0.1, -0.05) is 53.7 Å². The van der Waals surface area contributed by atoms with Crippen LogP contribution >= 0.6 is 23.4 Å². The molecular formula is C21H21ClN4OS. The van der Waals surface area contributed by atoms with Gasteiger partial charge in [0.25, 0.3) is 0 Å². The Balaban J connectivity index is 1.54. The molecule has 3 aromatic rings. The first-order valence-corrected chi connectivity index (χ1v) is 10.4. The van der Waals surface area contributed by atoms with Crippen LogP contribution in [0, 0.1) is 6.92 Å². The van der Waals surface area contributed by atoms with E-state index in [9.17, 15) is 4.79 Å². The van der Waals surface area contributed by atoms with Crippen molar-refractivity contribution in [2.75, 3.05) is 11.1 Å². The molecule has 2 aromatic carbocycles. The minimum Gasteiger partial charge on any atom is -0.325 e. The molecule has 4 rings (SSSR count). The standard InChI is InChI=1S/C21H21ClN4OS/c1-13-16(22)9-6-10-17(13)23-18(27)12-28-20-25-24-19-15-8-5-4-7-14(15)11-21(2,3)26(19)20/h4-10H,11-12H2,1-3H3,(H,23,27). The highest BCUT2D eigenvalue weighted by molar-refractivity contribution is 7.99. The third-order valence-corrected chi connectivity index (χ3v) is 6.33. The number of halogens is 1. The summed E-state index contributed by atoms with van der Waals surface area (Å²) >= 11 is 7.53. The second-order valence-electron chi connectivity index (χ2n) is 7.54. The van der Waals surface area contributed by atoms with Gasteiger partial charge in [-0.15, -0.1) is 10.2 Å². The minimum absolute atomic E-state index is 0.0956. The van der Waals surface area contributed by atoms with Crippen LogP contribution in [0.2, 0.25) is 5.02 Å². The van der Waals surface area contributed by atoms with E-state index in [4.69, 9.17) is 11.6 Å². The zero-order chi connectivity index (χ0) is 19.9. The SMILES string of the molecule is Cc1c(Cl)cccc1NC(=O)CSc1nnc2n1C(C)(C)Cc1ccccc1-2. The molecule has 0 atom stereocenters. The Hall–Kier alpha value is -2.31. The van der Waals surface area contributed by atoms with Crippen molar-refractivity contribution in [1.82, 2.24) is 14.8 Å². The Labute approximate surface area is 173 Å². The molecule has 2 heterocycles. The first-order chi connectivity index (χ1) is 13.4. The summed E-state index contributed by atoms with van der Waals surface area (Å²) in [7, 11) is 0. The predicted molar refractivity (Wildman–Crippen MR) is 114 cm³/mol. The maximum absolute atomic E-state index is 12.5. The van der Waals surface area contributed by atoms with E-state index >= 15 is 0 Å². The maximum atomic E-state index is 12.5. The normalized spacial score (nSPS) is 14.3. The molecule has 1 amide bonds. The number of carbonyl (C=O) groups is 1. The first kappa shape index (κ1) is 19.0. The number of carbonyl (C=O) groups excluding carboxylic acids is 1. The molecule has 1 aliphatic rings. The van der Waals surface area contributed by atoms with Crippen molar-refractivity contribution in [3.8, 4) is 11.4 Å². The number of rotatable bonds is 4. The number of benzene rings is 2. The zero-order valence-corrected chi connectivity index (χ0v) is 17.6. The van der Waals surface area contributed by atoms with Crippen LogP contribution in [0.15, 0.2) is 47.6 Å². The molecule has 1 aromatic heterocycles. The van der Waals surface area contributed by atoms with Crippen LogP contribution in [-0.2, 0) is 16.8 Å². The van der Waals surface area contributed by atoms with Crippen molar-refractivity contribution >= 4 is 35.0 Å². The third kappa shape index (κ3) is 3.42. The van der Waals surface area contributed by atoms with Crippen molar-refractivity contribution in [3.05, 3.63) is 58.6 Å². The molecule has 0 saturated carbocycles. The maximum Gasteiger partial charge on any atom is 0.234 e. The smallest absolute Gasteiger partial charge is 0.234 e. The van der Waals surface area contributed by atoms with E-state index in [1.807, 2.05) is 31.2 Å². The summed E-state index contributed by atoms with van der Waals surface area (Å²) in [6.45, 7) is 6.24. The molecule has 0 spiro atoms. The monoisotopic (exact) mass is 412 g/mol. The lowest BCUT2D eigenvalue weighted by Gasteiger charge is -2.34. The molecular weight excluding hydrogens is 392 g/mol. The van der Waals surface area contributed by atoms with Crippen LogP contribution in [0.25, 0.3) is 11.4 Å². The summed E-state index contributed by atoms with van der Waals surface area (Å²) in [5, 5.41) is 13.1. The number of fused-ring (bicyclic) bond motifs is 3. The molecule has 0 aliphatic carbocycles. The van der Waals surface area contributed by atoms with E-state index in [0.29, 0.717) is 5.02 Å². The lowest BCUT2D eigenvalue weighted by Crippen LogP contribution is -2.33. The Kier molecular flexibility index (Phi) is 4.93. The summed E-state index contributed by atoms with van der Waals surface area (Å²) < 4.78 is 2.15. The summed E-state index contributed by atoms with van der Waals surface area (Å²) in [5.41, 5.74) is 3.82. The van der Waals surface area contributed by atoms with Gasteiger partial charge in [-0.2, -0.15) is 0 Å². The summed E-state index contributed by atoms with van der Waals surface area (Å²) in [6, 6.07) is 13.8. The summed E-state index contributed by atoms with van der Waals surface area (Å²) in [4.78, 5) is 12.5. The fraction of sp³-hybridized carbons (Fsp3) is 0.286. The summed E-state index contributed by atoms with van der Waals surface area (Å²) in [5.74, 6) is 1.02. The molecule has 144 valence electrons. The number of aromatic nitrogens is 3. The van der Waals surface area contributed by atoms with Gasteiger partial charge in [0.15, 0.2) is 11.0 Å². The second kappa shape index (κ2) is 7.26. The van der Waals surface area contributed by atoms with Crippen LogP contribution in [0.5, 0.6) is 0 Å². The lowest BCUT2D eigenvalue weighted by molar-refractivity contribution is -0.113. The fourth-order valence-electron chi connectivity index (χ4n) is 3.58. The van der Waals surface area contributed by atoms with E-state index in [0.717, 1.165) is 34.2 Å². The molecule has 28 heavy (non-hydrogen) atoms. The van der Waals surface area contributed by atoms with Crippen molar-refractivity contribution < 1.29 is 4.79 Å². The van der Waals surface area contributed by atoms with Crippen molar-refractivity contribution in [3.63, 3.8) is 0 Å². The number of nitrogens with zero attached hydrogens (tertiary/aromatic N) is 3.